The minimum absolute atomic E-state index is 0.352. The number of methoxy groups -OCH3 is 1. The van der Waals surface area contributed by atoms with Crippen LogP contribution in [0.4, 0.5) is 0 Å². The molecule has 1 aromatic rings. The van der Waals surface area contributed by atoms with E-state index < -0.39 is 0 Å². The highest BCUT2D eigenvalue weighted by Crippen LogP contribution is 2.13. The molecule has 0 bridgehead atoms. The Hall–Kier alpha value is -1.06. The van der Waals surface area contributed by atoms with Crippen molar-refractivity contribution in [1.82, 2.24) is 0 Å². The molecule has 0 saturated heterocycles. The summed E-state index contributed by atoms with van der Waals surface area (Å²) in [5.74, 6) is 0.918. The van der Waals surface area contributed by atoms with Crippen LogP contribution in [0.5, 0.6) is 5.75 Å². The van der Waals surface area contributed by atoms with Gasteiger partial charge >= 0.3 is 0 Å². The molecule has 0 N–H and O–H groups in total. The highest BCUT2D eigenvalue weighted by molar-refractivity contribution is 5.28. The first kappa shape index (κ1) is 12.0. The molecule has 0 aliphatic heterocycles. The first-order valence-electron chi connectivity index (χ1n) is 5.15. The van der Waals surface area contributed by atoms with Crippen LogP contribution >= 0.6 is 0 Å². The van der Waals surface area contributed by atoms with Crippen LogP contribution in [0.15, 0.2) is 24.3 Å². The van der Waals surface area contributed by atoms with Gasteiger partial charge in [0.25, 0.3) is 0 Å². The van der Waals surface area contributed by atoms with E-state index in [1.54, 1.807) is 7.11 Å². The van der Waals surface area contributed by atoms with Gasteiger partial charge in [-0.05, 0) is 31.0 Å². The molecule has 15 heavy (non-hydrogen) atoms. The minimum atomic E-state index is 0.352. The van der Waals surface area contributed by atoms with E-state index in [2.05, 4.69) is 6.07 Å². The molecule has 0 atom stereocenters. The van der Waals surface area contributed by atoms with Gasteiger partial charge in [0.15, 0.2) is 0 Å². The Morgan fingerprint density at radius 1 is 1.27 bits per heavy atom. The number of hydrogen-bond donors (Lipinski definition) is 0. The Kier molecular flexibility index (Phi) is 5.81. The highest BCUT2D eigenvalue weighted by atomic mass is 16.7. The summed E-state index contributed by atoms with van der Waals surface area (Å²) in [6.07, 6.45) is 0.879. The van der Waals surface area contributed by atoms with Gasteiger partial charge in [0, 0.05) is 7.11 Å². The molecule has 84 valence electrons. The minimum Gasteiger partial charge on any atom is -0.494 e. The molecule has 0 aliphatic carbocycles. The Bertz CT molecular complexity index is 273. The maximum Gasteiger partial charge on any atom is 0.146 e. The van der Waals surface area contributed by atoms with E-state index in [1.165, 1.54) is 5.56 Å². The lowest BCUT2D eigenvalue weighted by molar-refractivity contribution is -0.0291. The highest BCUT2D eigenvalue weighted by Gasteiger charge is 1.96. The van der Waals surface area contributed by atoms with Crippen LogP contribution in [0.2, 0.25) is 0 Å². The largest absolute Gasteiger partial charge is 0.494 e. The van der Waals surface area contributed by atoms with Gasteiger partial charge in [-0.25, -0.2) is 0 Å². The summed E-state index contributed by atoms with van der Waals surface area (Å²) in [6.45, 7) is 3.70. The average Bonchev–Trinajstić information content (AvgIpc) is 2.26. The Morgan fingerprint density at radius 3 is 2.87 bits per heavy atom. The molecule has 0 aliphatic rings. The van der Waals surface area contributed by atoms with Crippen molar-refractivity contribution in [3.8, 4) is 5.75 Å². The molecule has 3 nitrogen and oxygen atoms in total. The quantitative estimate of drug-likeness (QED) is 0.510. The van der Waals surface area contributed by atoms with Gasteiger partial charge in [0.2, 0.25) is 0 Å². The van der Waals surface area contributed by atoms with Crippen molar-refractivity contribution in [2.75, 3.05) is 27.1 Å². The number of benzene rings is 1. The summed E-state index contributed by atoms with van der Waals surface area (Å²) < 4.78 is 15.4. The molecule has 1 rings (SSSR count). The van der Waals surface area contributed by atoms with Crippen LogP contribution in [0.1, 0.15) is 12.5 Å². The van der Waals surface area contributed by atoms with Crippen molar-refractivity contribution < 1.29 is 14.2 Å². The van der Waals surface area contributed by atoms with Gasteiger partial charge in [0.05, 0.1) is 13.2 Å². The lowest BCUT2D eigenvalue weighted by atomic mass is 10.1. The van der Waals surface area contributed by atoms with E-state index in [-0.39, 0.29) is 0 Å². The lowest BCUT2D eigenvalue weighted by Crippen LogP contribution is -2.01. The standard InChI is InChI=1S/C12H18O3/c1-3-15-12-6-4-5-11(9-12)7-8-14-10-13-2/h4-6,9H,3,7-8,10H2,1-2H3. The second-order valence-electron chi connectivity index (χ2n) is 3.15. The summed E-state index contributed by atoms with van der Waals surface area (Å²) >= 11 is 0. The summed E-state index contributed by atoms with van der Waals surface area (Å²) in [5, 5.41) is 0. The van der Waals surface area contributed by atoms with E-state index in [4.69, 9.17) is 14.2 Å². The Balaban J connectivity index is 2.36. The van der Waals surface area contributed by atoms with Crippen LogP contribution in [0.25, 0.3) is 0 Å². The van der Waals surface area contributed by atoms with E-state index in [0.29, 0.717) is 20.0 Å². The first-order valence-corrected chi connectivity index (χ1v) is 5.15. The van der Waals surface area contributed by atoms with Gasteiger partial charge in [-0.15, -0.1) is 0 Å². The van der Waals surface area contributed by atoms with Gasteiger partial charge < -0.3 is 14.2 Å². The van der Waals surface area contributed by atoms with Crippen LogP contribution in [0, 0.1) is 0 Å². The first-order chi connectivity index (χ1) is 7.36. The van der Waals surface area contributed by atoms with E-state index >= 15 is 0 Å². The fourth-order valence-electron chi connectivity index (χ4n) is 1.29. The fourth-order valence-corrected chi connectivity index (χ4v) is 1.29. The zero-order valence-electron chi connectivity index (χ0n) is 9.36. The number of hydrogen-bond acceptors (Lipinski definition) is 3. The number of ether oxygens (including phenoxy) is 3. The molecule has 0 unspecified atom stereocenters. The molecule has 0 fully saturated rings. The van der Waals surface area contributed by atoms with Crippen molar-refractivity contribution >= 4 is 0 Å². The van der Waals surface area contributed by atoms with Crippen LogP contribution < -0.4 is 4.74 Å². The molecule has 0 aromatic heterocycles. The molecule has 1 aromatic carbocycles. The second kappa shape index (κ2) is 7.26. The predicted molar refractivity (Wildman–Crippen MR) is 59.1 cm³/mol. The third-order valence-corrected chi connectivity index (χ3v) is 1.95. The van der Waals surface area contributed by atoms with Crippen molar-refractivity contribution in [3.05, 3.63) is 29.8 Å². The van der Waals surface area contributed by atoms with Gasteiger partial charge in [0.1, 0.15) is 12.5 Å². The third kappa shape index (κ3) is 4.81. The molecule has 0 spiro atoms. The smallest absolute Gasteiger partial charge is 0.146 e. The van der Waals surface area contributed by atoms with Crippen molar-refractivity contribution in [2.45, 2.75) is 13.3 Å². The molecular weight excluding hydrogens is 192 g/mol. The normalized spacial score (nSPS) is 10.3. The third-order valence-electron chi connectivity index (χ3n) is 1.95. The van der Waals surface area contributed by atoms with E-state index in [1.807, 2.05) is 25.1 Å². The summed E-state index contributed by atoms with van der Waals surface area (Å²) in [6, 6.07) is 8.07. The van der Waals surface area contributed by atoms with Crippen molar-refractivity contribution in [1.29, 1.82) is 0 Å². The average molecular weight is 210 g/mol. The number of rotatable bonds is 7. The van der Waals surface area contributed by atoms with Gasteiger partial charge in [-0.3, -0.25) is 0 Å². The molecule has 0 saturated carbocycles. The fraction of sp³-hybridized carbons (Fsp3) is 0.500. The Morgan fingerprint density at radius 2 is 2.13 bits per heavy atom. The van der Waals surface area contributed by atoms with Gasteiger partial charge in [-0.2, -0.15) is 0 Å². The molecule has 0 heterocycles. The summed E-state index contributed by atoms with van der Waals surface area (Å²) in [4.78, 5) is 0. The molecule has 0 radical (unpaired) electrons. The monoisotopic (exact) mass is 210 g/mol. The maximum atomic E-state index is 5.41. The Labute approximate surface area is 91.0 Å². The summed E-state index contributed by atoms with van der Waals surface area (Å²) in [7, 11) is 1.62. The van der Waals surface area contributed by atoms with E-state index in [0.717, 1.165) is 12.2 Å². The zero-order valence-corrected chi connectivity index (χ0v) is 9.36. The summed E-state index contributed by atoms with van der Waals surface area (Å²) in [5.41, 5.74) is 1.22. The van der Waals surface area contributed by atoms with Crippen LogP contribution in [-0.2, 0) is 15.9 Å². The molecular formula is C12H18O3. The van der Waals surface area contributed by atoms with Crippen molar-refractivity contribution in [3.63, 3.8) is 0 Å². The van der Waals surface area contributed by atoms with E-state index in [9.17, 15) is 0 Å². The SMILES string of the molecule is CCOc1cccc(CCOCOC)c1. The molecule has 0 amide bonds. The topological polar surface area (TPSA) is 27.7 Å². The predicted octanol–water partition coefficient (Wildman–Crippen LogP) is 2.25. The lowest BCUT2D eigenvalue weighted by Gasteiger charge is -2.06. The van der Waals surface area contributed by atoms with Gasteiger partial charge in [-0.1, -0.05) is 12.1 Å². The molecule has 3 heteroatoms. The van der Waals surface area contributed by atoms with Crippen LogP contribution in [0.3, 0.4) is 0 Å². The second-order valence-corrected chi connectivity index (χ2v) is 3.15. The van der Waals surface area contributed by atoms with Crippen molar-refractivity contribution in [2.24, 2.45) is 0 Å². The zero-order chi connectivity index (χ0) is 10.9. The maximum absolute atomic E-state index is 5.41. The van der Waals surface area contributed by atoms with Crippen LogP contribution in [-0.4, -0.2) is 27.1 Å².